The summed E-state index contributed by atoms with van der Waals surface area (Å²) >= 11 is 0. The van der Waals surface area contributed by atoms with E-state index in [9.17, 15) is 13.2 Å². The molecule has 0 saturated carbocycles. The highest BCUT2D eigenvalue weighted by molar-refractivity contribution is 5.78. The number of aromatic amines is 1. The summed E-state index contributed by atoms with van der Waals surface area (Å²) in [5, 5.41) is 5.81. The van der Waals surface area contributed by atoms with E-state index in [0.29, 0.717) is 5.69 Å². The minimum Gasteiger partial charge on any atom is -0.310 e. The summed E-state index contributed by atoms with van der Waals surface area (Å²) in [6.45, 7) is 4.03. The first-order chi connectivity index (χ1) is 14.3. The number of hydrogen-bond donors (Lipinski definition) is 1. The molecule has 7 heteroatoms. The van der Waals surface area contributed by atoms with Crippen LogP contribution >= 0.6 is 0 Å². The number of anilines is 3. The van der Waals surface area contributed by atoms with Crippen molar-refractivity contribution in [3.05, 3.63) is 89.7 Å². The lowest BCUT2D eigenvalue weighted by Crippen LogP contribution is -2.10. The normalized spacial score (nSPS) is 11.5. The van der Waals surface area contributed by atoms with Crippen molar-refractivity contribution in [3.63, 3.8) is 0 Å². The SMILES string of the molecule is Cc1ccc(N(c2ccc(C)cc2)c2ccnc(-c3cc(C(F)(F)F)n[nH]3)c2)cc1. The Labute approximate surface area is 172 Å². The smallest absolute Gasteiger partial charge is 0.310 e. The molecule has 0 amide bonds. The first-order valence-corrected chi connectivity index (χ1v) is 9.34. The van der Waals surface area contributed by atoms with Crippen LogP contribution in [0.3, 0.4) is 0 Å². The van der Waals surface area contributed by atoms with Crippen LogP contribution in [0.2, 0.25) is 0 Å². The van der Waals surface area contributed by atoms with Gasteiger partial charge >= 0.3 is 6.18 Å². The number of pyridine rings is 1. The average Bonchev–Trinajstić information content (AvgIpc) is 3.22. The van der Waals surface area contributed by atoms with Gasteiger partial charge in [-0.2, -0.15) is 18.3 Å². The summed E-state index contributed by atoms with van der Waals surface area (Å²) in [6.07, 6.45) is -2.93. The van der Waals surface area contributed by atoms with Crippen LogP contribution in [0.5, 0.6) is 0 Å². The number of aryl methyl sites for hydroxylation is 2. The van der Waals surface area contributed by atoms with Gasteiger partial charge in [0.1, 0.15) is 0 Å². The Hall–Kier alpha value is -3.61. The minimum absolute atomic E-state index is 0.205. The predicted molar refractivity (Wildman–Crippen MR) is 111 cm³/mol. The number of H-pyrrole nitrogens is 1. The van der Waals surface area contributed by atoms with Crippen LogP contribution in [-0.4, -0.2) is 15.2 Å². The number of halogens is 3. The van der Waals surface area contributed by atoms with Crippen LogP contribution in [-0.2, 0) is 6.18 Å². The maximum absolute atomic E-state index is 12.9. The summed E-state index contributed by atoms with van der Waals surface area (Å²) in [4.78, 5) is 6.27. The van der Waals surface area contributed by atoms with Crippen molar-refractivity contribution < 1.29 is 13.2 Å². The maximum Gasteiger partial charge on any atom is 0.435 e. The molecule has 30 heavy (non-hydrogen) atoms. The van der Waals surface area contributed by atoms with Gasteiger partial charge in [-0.3, -0.25) is 10.1 Å². The molecule has 0 atom stereocenters. The van der Waals surface area contributed by atoms with Crippen LogP contribution in [0.1, 0.15) is 16.8 Å². The summed E-state index contributed by atoms with van der Waals surface area (Å²) in [6, 6.07) is 20.6. The first-order valence-electron chi connectivity index (χ1n) is 9.34. The van der Waals surface area contributed by atoms with Gasteiger partial charge in [-0.1, -0.05) is 35.4 Å². The van der Waals surface area contributed by atoms with Gasteiger partial charge < -0.3 is 4.90 Å². The van der Waals surface area contributed by atoms with E-state index in [0.717, 1.165) is 34.3 Å². The third kappa shape index (κ3) is 4.05. The molecular formula is C23H19F3N4. The number of rotatable bonds is 4. The number of aromatic nitrogens is 3. The van der Waals surface area contributed by atoms with Crippen molar-refractivity contribution in [2.45, 2.75) is 20.0 Å². The Morgan fingerprint density at radius 3 is 1.83 bits per heavy atom. The fraction of sp³-hybridized carbons (Fsp3) is 0.130. The van der Waals surface area contributed by atoms with E-state index in [2.05, 4.69) is 15.2 Å². The third-order valence-corrected chi connectivity index (χ3v) is 4.73. The van der Waals surface area contributed by atoms with Crippen LogP contribution in [0.15, 0.2) is 72.9 Å². The lowest BCUT2D eigenvalue weighted by atomic mass is 10.1. The van der Waals surface area contributed by atoms with Gasteiger partial charge in [-0.25, -0.2) is 0 Å². The maximum atomic E-state index is 12.9. The molecule has 4 rings (SSSR count). The molecule has 2 aromatic carbocycles. The second kappa shape index (κ2) is 7.67. The molecule has 0 radical (unpaired) electrons. The molecule has 0 saturated heterocycles. The summed E-state index contributed by atoms with van der Waals surface area (Å²) < 4.78 is 38.8. The number of nitrogens with one attached hydrogen (secondary N) is 1. The second-order valence-corrected chi connectivity index (χ2v) is 7.07. The topological polar surface area (TPSA) is 44.8 Å². The third-order valence-electron chi connectivity index (χ3n) is 4.73. The van der Waals surface area contributed by atoms with Crippen molar-refractivity contribution in [1.29, 1.82) is 0 Å². The van der Waals surface area contributed by atoms with Crippen LogP contribution in [0.4, 0.5) is 30.2 Å². The second-order valence-electron chi connectivity index (χ2n) is 7.07. The van der Waals surface area contributed by atoms with Gasteiger partial charge in [0, 0.05) is 23.3 Å². The van der Waals surface area contributed by atoms with Crippen molar-refractivity contribution in [2.24, 2.45) is 0 Å². The molecule has 0 unspecified atom stereocenters. The molecule has 0 aliphatic carbocycles. The highest BCUT2D eigenvalue weighted by atomic mass is 19.4. The first kappa shape index (κ1) is 19.7. The summed E-state index contributed by atoms with van der Waals surface area (Å²) in [5.74, 6) is 0. The largest absolute Gasteiger partial charge is 0.435 e. The Morgan fingerprint density at radius 2 is 1.33 bits per heavy atom. The van der Waals surface area contributed by atoms with E-state index in [1.807, 2.05) is 73.3 Å². The fourth-order valence-electron chi connectivity index (χ4n) is 3.14. The lowest BCUT2D eigenvalue weighted by Gasteiger charge is -2.26. The zero-order valence-corrected chi connectivity index (χ0v) is 16.4. The monoisotopic (exact) mass is 408 g/mol. The Bertz CT molecular complexity index is 1100. The lowest BCUT2D eigenvalue weighted by molar-refractivity contribution is -0.141. The Morgan fingerprint density at radius 1 is 0.767 bits per heavy atom. The molecule has 4 nitrogen and oxygen atoms in total. The van der Waals surface area contributed by atoms with E-state index in [4.69, 9.17) is 0 Å². The molecule has 0 aliphatic heterocycles. The fourth-order valence-corrected chi connectivity index (χ4v) is 3.14. The zero-order valence-electron chi connectivity index (χ0n) is 16.4. The molecule has 0 spiro atoms. The van der Waals surface area contributed by atoms with E-state index >= 15 is 0 Å². The number of alkyl halides is 3. The van der Waals surface area contributed by atoms with Crippen LogP contribution < -0.4 is 4.90 Å². The Kier molecular flexibility index (Phi) is 5.03. The van der Waals surface area contributed by atoms with Gasteiger partial charge in [0.2, 0.25) is 0 Å². The standard InChI is InChI=1S/C23H19F3N4/c1-15-3-7-17(8-4-15)30(18-9-5-16(2)6-10-18)19-11-12-27-20(13-19)21-14-22(29-28-21)23(24,25)26/h3-14H,1-2H3,(H,28,29). The summed E-state index contributed by atoms with van der Waals surface area (Å²) in [7, 11) is 0. The number of hydrogen-bond acceptors (Lipinski definition) is 3. The van der Waals surface area contributed by atoms with E-state index < -0.39 is 11.9 Å². The van der Waals surface area contributed by atoms with Gasteiger partial charge in [0.05, 0.1) is 11.4 Å². The van der Waals surface area contributed by atoms with Gasteiger partial charge in [-0.05, 0) is 56.3 Å². The molecule has 4 aromatic rings. The molecule has 0 bridgehead atoms. The number of benzene rings is 2. The Balaban J connectivity index is 1.79. The van der Waals surface area contributed by atoms with Gasteiger partial charge in [-0.15, -0.1) is 0 Å². The van der Waals surface area contributed by atoms with Crippen molar-refractivity contribution >= 4 is 17.1 Å². The molecule has 2 aromatic heterocycles. The van der Waals surface area contributed by atoms with Crippen LogP contribution in [0.25, 0.3) is 11.4 Å². The molecule has 152 valence electrons. The van der Waals surface area contributed by atoms with E-state index in [1.165, 1.54) is 0 Å². The molecular weight excluding hydrogens is 389 g/mol. The quantitative estimate of drug-likeness (QED) is 0.415. The van der Waals surface area contributed by atoms with Gasteiger partial charge in [0.25, 0.3) is 0 Å². The predicted octanol–water partition coefficient (Wildman–Crippen LogP) is 6.58. The van der Waals surface area contributed by atoms with E-state index in [1.54, 1.807) is 12.3 Å². The average molecular weight is 408 g/mol. The van der Waals surface area contributed by atoms with Crippen LogP contribution in [0, 0.1) is 13.8 Å². The molecule has 1 N–H and O–H groups in total. The molecule has 2 heterocycles. The number of nitrogens with zero attached hydrogens (tertiary/aromatic N) is 3. The van der Waals surface area contributed by atoms with Gasteiger partial charge in [0.15, 0.2) is 5.69 Å². The van der Waals surface area contributed by atoms with Crippen molar-refractivity contribution in [2.75, 3.05) is 4.90 Å². The summed E-state index contributed by atoms with van der Waals surface area (Å²) in [5.41, 5.74) is 4.51. The van der Waals surface area contributed by atoms with Crippen molar-refractivity contribution in [3.8, 4) is 11.4 Å². The zero-order chi connectivity index (χ0) is 21.3. The van der Waals surface area contributed by atoms with E-state index in [-0.39, 0.29) is 5.69 Å². The van der Waals surface area contributed by atoms with Crippen molar-refractivity contribution in [1.82, 2.24) is 15.2 Å². The molecule has 0 aliphatic rings. The highest BCUT2D eigenvalue weighted by Gasteiger charge is 2.34. The minimum atomic E-state index is -4.51. The highest BCUT2D eigenvalue weighted by Crippen LogP contribution is 2.36. The molecule has 0 fully saturated rings.